The van der Waals surface area contributed by atoms with Crippen LogP contribution in [0.3, 0.4) is 0 Å². The molecule has 0 saturated heterocycles. The Kier molecular flexibility index (Phi) is 11.4. The normalized spacial score (nSPS) is 12.1. The molecule has 1 N–H and O–H groups in total. The van der Waals surface area contributed by atoms with Gasteiger partial charge in [-0.2, -0.15) is 0 Å². The van der Waals surface area contributed by atoms with E-state index in [1.54, 1.807) is 18.1 Å². The molecule has 204 valence electrons. The van der Waals surface area contributed by atoms with Crippen LogP contribution in [0.2, 0.25) is 0 Å². The van der Waals surface area contributed by atoms with Crippen molar-refractivity contribution in [2.75, 3.05) is 30.8 Å². The van der Waals surface area contributed by atoms with Crippen molar-refractivity contribution in [1.29, 1.82) is 0 Å². The molecule has 0 bridgehead atoms. The molecule has 1 atom stereocenters. The number of methoxy groups -OCH3 is 1. The van der Waals surface area contributed by atoms with Crippen molar-refractivity contribution in [3.63, 3.8) is 0 Å². The van der Waals surface area contributed by atoms with Crippen LogP contribution in [0, 0.1) is 13.8 Å². The minimum Gasteiger partial charge on any atom is -0.497 e. The summed E-state index contributed by atoms with van der Waals surface area (Å²) in [6.07, 6.45) is 2.89. The number of benzene rings is 2. The summed E-state index contributed by atoms with van der Waals surface area (Å²) in [6.45, 7) is 8.68. The molecule has 2 aromatic rings. The summed E-state index contributed by atoms with van der Waals surface area (Å²) in [6, 6.07) is 12.3. The third-order valence-corrected chi connectivity index (χ3v) is 7.62. The van der Waals surface area contributed by atoms with Crippen molar-refractivity contribution in [3.05, 3.63) is 59.2 Å². The Morgan fingerprint density at radius 1 is 1.05 bits per heavy atom. The van der Waals surface area contributed by atoms with Crippen LogP contribution in [0.1, 0.15) is 56.2 Å². The van der Waals surface area contributed by atoms with E-state index in [0.717, 1.165) is 23.1 Å². The number of aryl methyl sites for hydroxylation is 1. The quantitative estimate of drug-likeness (QED) is 0.394. The maximum atomic E-state index is 13.5. The largest absolute Gasteiger partial charge is 0.497 e. The third-order valence-electron chi connectivity index (χ3n) is 6.44. The highest BCUT2D eigenvalue weighted by atomic mass is 32.2. The van der Waals surface area contributed by atoms with Crippen LogP contribution >= 0.6 is 0 Å². The molecule has 0 spiro atoms. The van der Waals surface area contributed by atoms with Gasteiger partial charge < -0.3 is 15.0 Å². The summed E-state index contributed by atoms with van der Waals surface area (Å²) >= 11 is 0. The highest BCUT2D eigenvalue weighted by Crippen LogP contribution is 2.26. The first-order chi connectivity index (χ1) is 17.5. The average molecular weight is 532 g/mol. The highest BCUT2D eigenvalue weighted by Gasteiger charge is 2.29. The third kappa shape index (κ3) is 8.49. The second kappa shape index (κ2) is 14.0. The van der Waals surface area contributed by atoms with E-state index in [9.17, 15) is 18.0 Å². The molecule has 37 heavy (non-hydrogen) atoms. The van der Waals surface area contributed by atoms with Gasteiger partial charge in [-0.25, -0.2) is 8.42 Å². The van der Waals surface area contributed by atoms with Crippen LogP contribution in [0.25, 0.3) is 0 Å². The topological polar surface area (TPSA) is 96.0 Å². The zero-order chi connectivity index (χ0) is 27.6. The summed E-state index contributed by atoms with van der Waals surface area (Å²) in [5, 5.41) is 2.91. The molecule has 0 aliphatic carbocycles. The lowest BCUT2D eigenvalue weighted by molar-refractivity contribution is -0.141. The molecule has 0 heterocycles. The van der Waals surface area contributed by atoms with Gasteiger partial charge in [0, 0.05) is 26.1 Å². The van der Waals surface area contributed by atoms with E-state index >= 15 is 0 Å². The lowest BCUT2D eigenvalue weighted by Crippen LogP contribution is -2.49. The average Bonchev–Trinajstić information content (AvgIpc) is 2.86. The van der Waals surface area contributed by atoms with Crippen molar-refractivity contribution in [2.45, 2.75) is 66.0 Å². The van der Waals surface area contributed by atoms with Crippen molar-refractivity contribution >= 4 is 27.5 Å². The number of sulfonamides is 1. The van der Waals surface area contributed by atoms with Crippen LogP contribution in [0.5, 0.6) is 5.75 Å². The molecule has 8 nitrogen and oxygen atoms in total. The molecule has 0 radical (unpaired) electrons. The number of hydrogen-bond donors (Lipinski definition) is 1. The van der Waals surface area contributed by atoms with Gasteiger partial charge in [-0.1, -0.05) is 38.1 Å². The first-order valence-electron chi connectivity index (χ1n) is 12.8. The summed E-state index contributed by atoms with van der Waals surface area (Å²) in [4.78, 5) is 28.0. The van der Waals surface area contributed by atoms with Gasteiger partial charge in [-0.05, 0) is 68.0 Å². The zero-order valence-corrected chi connectivity index (χ0v) is 23.7. The van der Waals surface area contributed by atoms with Crippen LogP contribution < -0.4 is 14.4 Å². The van der Waals surface area contributed by atoms with E-state index < -0.39 is 16.1 Å². The Hall–Kier alpha value is -3.07. The SMILES string of the molecule is CCCNC(=O)[C@H](CC)N(Cc1ccc(OC)cc1)C(=O)CCCN(c1cccc(C)c1C)S(C)(=O)=O. The first kappa shape index (κ1) is 30.2. The van der Waals surface area contributed by atoms with Gasteiger partial charge in [0.2, 0.25) is 21.8 Å². The number of amides is 2. The van der Waals surface area contributed by atoms with Crippen molar-refractivity contribution in [1.82, 2.24) is 10.2 Å². The Bertz CT molecular complexity index is 1150. The Balaban J connectivity index is 2.24. The second-order valence-corrected chi connectivity index (χ2v) is 11.1. The predicted molar refractivity (Wildman–Crippen MR) is 148 cm³/mol. The summed E-state index contributed by atoms with van der Waals surface area (Å²) in [5.41, 5.74) is 3.38. The molecular formula is C28H41N3O5S. The number of ether oxygens (including phenoxy) is 1. The minimum atomic E-state index is -3.54. The summed E-state index contributed by atoms with van der Waals surface area (Å²) in [5.74, 6) is 0.338. The summed E-state index contributed by atoms with van der Waals surface area (Å²) < 4.78 is 31.8. The number of carbonyl (C=O) groups is 2. The Labute approximate surface area is 222 Å². The van der Waals surface area contributed by atoms with Gasteiger partial charge in [0.15, 0.2) is 0 Å². The van der Waals surface area contributed by atoms with Gasteiger partial charge >= 0.3 is 0 Å². The number of hydrogen-bond acceptors (Lipinski definition) is 5. The van der Waals surface area contributed by atoms with E-state index in [1.807, 2.05) is 64.1 Å². The van der Waals surface area contributed by atoms with Crippen molar-refractivity contribution in [2.24, 2.45) is 0 Å². The molecule has 2 aromatic carbocycles. The van der Waals surface area contributed by atoms with Crippen molar-refractivity contribution in [3.8, 4) is 5.75 Å². The van der Waals surface area contributed by atoms with Gasteiger partial charge in [0.05, 0.1) is 19.1 Å². The molecule has 0 unspecified atom stereocenters. The molecule has 0 saturated carbocycles. The smallest absolute Gasteiger partial charge is 0.242 e. The molecule has 0 aromatic heterocycles. The van der Waals surface area contributed by atoms with Crippen LogP contribution in [0.4, 0.5) is 5.69 Å². The number of rotatable bonds is 14. The number of nitrogens with one attached hydrogen (secondary N) is 1. The molecule has 9 heteroatoms. The zero-order valence-electron chi connectivity index (χ0n) is 22.9. The monoisotopic (exact) mass is 531 g/mol. The molecule has 0 aliphatic heterocycles. The molecule has 2 amide bonds. The van der Waals surface area contributed by atoms with Gasteiger partial charge in [-0.3, -0.25) is 13.9 Å². The second-order valence-electron chi connectivity index (χ2n) is 9.24. The first-order valence-corrected chi connectivity index (χ1v) is 14.6. The van der Waals surface area contributed by atoms with Crippen molar-refractivity contribution < 1.29 is 22.7 Å². The maximum absolute atomic E-state index is 13.5. The van der Waals surface area contributed by atoms with Crippen LogP contribution in [-0.4, -0.2) is 57.6 Å². The fourth-order valence-corrected chi connectivity index (χ4v) is 5.22. The standard InChI is InChI=1S/C28H41N3O5S/c1-7-18-29-28(33)25(8-2)30(20-23-14-16-24(36-5)17-15-23)27(32)13-10-19-31(37(6,34)35)26-12-9-11-21(3)22(26)4/h9,11-12,14-17,25H,7-8,10,13,18-20H2,1-6H3,(H,29,33)/t25-/m0/s1. The van der Waals surface area contributed by atoms with Crippen LogP contribution in [0.15, 0.2) is 42.5 Å². The lowest BCUT2D eigenvalue weighted by atomic mass is 10.1. The fraction of sp³-hybridized carbons (Fsp3) is 0.500. The van der Waals surface area contributed by atoms with E-state index in [0.29, 0.717) is 30.8 Å². The van der Waals surface area contributed by atoms with Gasteiger partial charge in [0.1, 0.15) is 11.8 Å². The Morgan fingerprint density at radius 3 is 2.30 bits per heavy atom. The van der Waals surface area contributed by atoms with E-state index in [-0.39, 0.29) is 31.3 Å². The Morgan fingerprint density at radius 2 is 1.73 bits per heavy atom. The lowest BCUT2D eigenvalue weighted by Gasteiger charge is -2.31. The van der Waals surface area contributed by atoms with E-state index in [4.69, 9.17) is 4.74 Å². The number of carbonyl (C=O) groups excluding carboxylic acids is 2. The highest BCUT2D eigenvalue weighted by molar-refractivity contribution is 7.92. The van der Waals surface area contributed by atoms with Gasteiger partial charge in [-0.15, -0.1) is 0 Å². The fourth-order valence-electron chi connectivity index (χ4n) is 4.20. The molecule has 0 aliphatic rings. The minimum absolute atomic E-state index is 0.116. The number of nitrogens with zero attached hydrogens (tertiary/aromatic N) is 2. The molecule has 2 rings (SSSR count). The maximum Gasteiger partial charge on any atom is 0.242 e. The summed E-state index contributed by atoms with van der Waals surface area (Å²) in [7, 11) is -1.95. The number of anilines is 1. The predicted octanol–water partition coefficient (Wildman–Crippen LogP) is 4.19. The van der Waals surface area contributed by atoms with E-state index in [2.05, 4.69) is 5.32 Å². The molecule has 0 fully saturated rings. The van der Waals surface area contributed by atoms with E-state index in [1.165, 1.54) is 10.6 Å². The molecular weight excluding hydrogens is 490 g/mol. The van der Waals surface area contributed by atoms with Gasteiger partial charge in [0.25, 0.3) is 0 Å². The van der Waals surface area contributed by atoms with Crippen LogP contribution in [-0.2, 0) is 26.2 Å².